The van der Waals surface area contributed by atoms with Gasteiger partial charge >= 0.3 is 5.97 Å². The molecule has 2 rings (SSSR count). The molecule has 1 N–H and O–H groups in total. The number of nitrogens with zero attached hydrogens (tertiary/aromatic N) is 2. The fraction of sp³-hybridized carbons (Fsp3) is 0.353. The molecule has 0 aliphatic heterocycles. The van der Waals surface area contributed by atoms with Crippen LogP contribution in [-0.2, 0) is 0 Å². The van der Waals surface area contributed by atoms with Crippen LogP contribution < -0.4 is 4.74 Å². The SMILES string of the molecule is CCCOc1nc(-c2ccc(Cl)cc2)nc(C(C)C)c1C(=O)O. The molecule has 0 aliphatic carbocycles. The van der Waals surface area contributed by atoms with Gasteiger partial charge in [-0.05, 0) is 36.6 Å². The Balaban J connectivity index is 2.62. The number of rotatable bonds is 6. The van der Waals surface area contributed by atoms with E-state index in [1.54, 1.807) is 24.3 Å². The number of ether oxygens (including phenoxy) is 1. The Morgan fingerprint density at radius 2 is 1.91 bits per heavy atom. The minimum atomic E-state index is -1.08. The van der Waals surface area contributed by atoms with E-state index >= 15 is 0 Å². The van der Waals surface area contributed by atoms with Gasteiger partial charge in [0.05, 0.1) is 12.3 Å². The Labute approximate surface area is 140 Å². The molecule has 0 saturated heterocycles. The molecule has 1 aromatic heterocycles. The van der Waals surface area contributed by atoms with E-state index in [1.807, 2.05) is 20.8 Å². The Hall–Kier alpha value is -2.14. The molecule has 6 heteroatoms. The average molecular weight is 335 g/mol. The summed E-state index contributed by atoms with van der Waals surface area (Å²) in [5.74, 6) is -0.606. The van der Waals surface area contributed by atoms with Crippen molar-refractivity contribution in [2.24, 2.45) is 0 Å². The summed E-state index contributed by atoms with van der Waals surface area (Å²) in [5.41, 5.74) is 1.25. The predicted octanol–water partition coefficient (Wildman–Crippen LogP) is 4.41. The summed E-state index contributed by atoms with van der Waals surface area (Å²) < 4.78 is 5.57. The number of carbonyl (C=O) groups is 1. The fourth-order valence-electron chi connectivity index (χ4n) is 2.11. The Bertz CT molecular complexity index is 700. The lowest BCUT2D eigenvalue weighted by Gasteiger charge is -2.15. The van der Waals surface area contributed by atoms with Crippen molar-refractivity contribution in [3.05, 3.63) is 40.5 Å². The number of aromatic carboxylic acids is 1. The van der Waals surface area contributed by atoms with Gasteiger partial charge in [-0.25, -0.2) is 9.78 Å². The molecule has 2 aromatic rings. The topological polar surface area (TPSA) is 72.3 Å². The third-order valence-corrected chi connectivity index (χ3v) is 3.46. The molecule has 0 amide bonds. The van der Waals surface area contributed by atoms with Crippen molar-refractivity contribution in [2.45, 2.75) is 33.1 Å². The molecular weight excluding hydrogens is 316 g/mol. The van der Waals surface area contributed by atoms with Gasteiger partial charge in [-0.1, -0.05) is 32.4 Å². The van der Waals surface area contributed by atoms with Gasteiger partial charge in [0.25, 0.3) is 0 Å². The second-order valence-electron chi connectivity index (χ2n) is 5.43. The van der Waals surface area contributed by atoms with Crippen LogP contribution in [0.2, 0.25) is 5.02 Å². The van der Waals surface area contributed by atoms with Gasteiger partial charge in [-0.2, -0.15) is 4.98 Å². The smallest absolute Gasteiger partial charge is 0.343 e. The van der Waals surface area contributed by atoms with Gasteiger partial charge in [0.1, 0.15) is 5.56 Å². The molecule has 0 bridgehead atoms. The first-order valence-electron chi connectivity index (χ1n) is 7.48. The molecule has 0 fully saturated rings. The number of carboxylic acid groups (broad SMARTS) is 1. The van der Waals surface area contributed by atoms with Crippen LogP contribution in [0.25, 0.3) is 11.4 Å². The van der Waals surface area contributed by atoms with E-state index < -0.39 is 5.97 Å². The van der Waals surface area contributed by atoms with E-state index in [1.165, 1.54) is 0 Å². The Kier molecular flexibility index (Phi) is 5.55. The van der Waals surface area contributed by atoms with E-state index in [4.69, 9.17) is 16.3 Å². The lowest BCUT2D eigenvalue weighted by molar-refractivity contribution is 0.0688. The third kappa shape index (κ3) is 3.99. The average Bonchev–Trinajstić information content (AvgIpc) is 2.52. The molecule has 0 radical (unpaired) electrons. The number of halogens is 1. The van der Waals surface area contributed by atoms with Gasteiger partial charge in [0.15, 0.2) is 5.82 Å². The molecule has 0 atom stereocenters. The highest BCUT2D eigenvalue weighted by Crippen LogP contribution is 2.29. The number of hydrogen-bond acceptors (Lipinski definition) is 4. The molecule has 0 saturated carbocycles. The number of carboxylic acids is 1. The first-order valence-corrected chi connectivity index (χ1v) is 7.85. The number of benzene rings is 1. The second-order valence-corrected chi connectivity index (χ2v) is 5.86. The minimum absolute atomic E-state index is 0.0335. The highest BCUT2D eigenvalue weighted by atomic mass is 35.5. The summed E-state index contributed by atoms with van der Waals surface area (Å²) in [6.45, 7) is 6.13. The largest absolute Gasteiger partial charge is 0.477 e. The molecule has 0 spiro atoms. The number of hydrogen-bond donors (Lipinski definition) is 1. The summed E-state index contributed by atoms with van der Waals surface area (Å²) in [6.07, 6.45) is 0.760. The van der Waals surface area contributed by atoms with Crippen LogP contribution in [-0.4, -0.2) is 27.7 Å². The van der Waals surface area contributed by atoms with Crippen molar-refractivity contribution in [3.63, 3.8) is 0 Å². The lowest BCUT2D eigenvalue weighted by atomic mass is 10.0. The van der Waals surface area contributed by atoms with Crippen LogP contribution in [0.3, 0.4) is 0 Å². The molecule has 5 nitrogen and oxygen atoms in total. The molecule has 1 aromatic carbocycles. The minimum Gasteiger partial charge on any atom is -0.477 e. The van der Waals surface area contributed by atoms with Crippen molar-refractivity contribution in [3.8, 4) is 17.3 Å². The highest BCUT2D eigenvalue weighted by Gasteiger charge is 2.24. The van der Waals surface area contributed by atoms with Crippen LogP contribution in [0.4, 0.5) is 0 Å². The van der Waals surface area contributed by atoms with Gasteiger partial charge in [0.2, 0.25) is 5.88 Å². The normalized spacial score (nSPS) is 10.8. The van der Waals surface area contributed by atoms with Crippen LogP contribution in [0, 0.1) is 0 Å². The van der Waals surface area contributed by atoms with E-state index in [2.05, 4.69) is 9.97 Å². The van der Waals surface area contributed by atoms with Gasteiger partial charge in [-0.3, -0.25) is 0 Å². The highest BCUT2D eigenvalue weighted by molar-refractivity contribution is 6.30. The van der Waals surface area contributed by atoms with Crippen LogP contribution in [0.1, 0.15) is 49.2 Å². The quantitative estimate of drug-likeness (QED) is 0.847. The zero-order chi connectivity index (χ0) is 17.0. The van der Waals surface area contributed by atoms with E-state index in [0.717, 1.165) is 12.0 Å². The summed E-state index contributed by atoms with van der Waals surface area (Å²) in [4.78, 5) is 20.4. The number of aromatic nitrogens is 2. The van der Waals surface area contributed by atoms with Crippen molar-refractivity contribution in [1.82, 2.24) is 9.97 Å². The Morgan fingerprint density at radius 3 is 2.43 bits per heavy atom. The van der Waals surface area contributed by atoms with E-state index in [9.17, 15) is 9.90 Å². The van der Waals surface area contributed by atoms with Crippen molar-refractivity contribution in [1.29, 1.82) is 0 Å². The summed E-state index contributed by atoms with van der Waals surface area (Å²) in [5, 5.41) is 10.1. The first kappa shape index (κ1) is 17.2. The second kappa shape index (κ2) is 7.42. The molecule has 23 heavy (non-hydrogen) atoms. The molecule has 0 unspecified atom stereocenters. The summed E-state index contributed by atoms with van der Waals surface area (Å²) in [7, 11) is 0. The first-order chi connectivity index (χ1) is 10.9. The Morgan fingerprint density at radius 1 is 1.26 bits per heavy atom. The molecule has 1 heterocycles. The summed E-state index contributed by atoms with van der Waals surface area (Å²) in [6, 6.07) is 7.08. The monoisotopic (exact) mass is 334 g/mol. The third-order valence-electron chi connectivity index (χ3n) is 3.21. The van der Waals surface area contributed by atoms with Gasteiger partial charge in [-0.15, -0.1) is 0 Å². The van der Waals surface area contributed by atoms with Crippen molar-refractivity contribution >= 4 is 17.6 Å². The maximum Gasteiger partial charge on any atom is 0.343 e. The lowest BCUT2D eigenvalue weighted by Crippen LogP contribution is -2.13. The standard InChI is InChI=1S/C17H19ClN2O3/c1-4-9-23-16-13(17(21)22)14(10(2)3)19-15(20-16)11-5-7-12(18)8-6-11/h5-8,10H,4,9H2,1-3H3,(H,21,22). The van der Waals surface area contributed by atoms with Crippen LogP contribution >= 0.6 is 11.6 Å². The molecular formula is C17H19ClN2O3. The molecule has 122 valence electrons. The van der Waals surface area contributed by atoms with Crippen molar-refractivity contribution in [2.75, 3.05) is 6.61 Å². The fourth-order valence-corrected chi connectivity index (χ4v) is 2.23. The maximum absolute atomic E-state index is 11.6. The predicted molar refractivity (Wildman–Crippen MR) is 89.3 cm³/mol. The van der Waals surface area contributed by atoms with Crippen LogP contribution in [0.15, 0.2) is 24.3 Å². The zero-order valence-corrected chi connectivity index (χ0v) is 14.1. The van der Waals surface area contributed by atoms with E-state index in [-0.39, 0.29) is 17.4 Å². The molecule has 0 aliphatic rings. The van der Waals surface area contributed by atoms with Crippen molar-refractivity contribution < 1.29 is 14.6 Å². The summed E-state index contributed by atoms with van der Waals surface area (Å²) >= 11 is 5.90. The van der Waals surface area contributed by atoms with Gasteiger partial charge < -0.3 is 9.84 Å². The van der Waals surface area contributed by atoms with E-state index in [0.29, 0.717) is 23.1 Å². The van der Waals surface area contributed by atoms with Gasteiger partial charge in [0, 0.05) is 10.6 Å². The maximum atomic E-state index is 11.6. The zero-order valence-electron chi connectivity index (χ0n) is 13.3. The van der Waals surface area contributed by atoms with Crippen LogP contribution in [0.5, 0.6) is 5.88 Å².